The monoisotopic (exact) mass is 399 g/mol. The third-order valence-corrected chi connectivity index (χ3v) is 5.29. The smallest absolute Gasteiger partial charge is 0.307 e. The molecule has 2 amide bonds. The Hall–Kier alpha value is -2.96. The first-order valence-electron chi connectivity index (χ1n) is 9.84. The summed E-state index contributed by atoms with van der Waals surface area (Å²) in [5.41, 5.74) is 1.10. The summed E-state index contributed by atoms with van der Waals surface area (Å²) < 4.78 is 10.8. The van der Waals surface area contributed by atoms with Crippen molar-refractivity contribution in [3.05, 3.63) is 41.5 Å². The average molecular weight is 399 g/mol. The molecule has 0 bridgehead atoms. The minimum Gasteiger partial charge on any atom is -0.493 e. The van der Waals surface area contributed by atoms with Crippen LogP contribution < -0.4 is 4.74 Å². The highest BCUT2D eigenvalue weighted by Crippen LogP contribution is 2.35. The molecule has 2 unspecified atom stereocenters. The molecule has 0 aromatic heterocycles. The number of nitrogens with zero attached hydrogens (tertiary/aromatic N) is 1. The van der Waals surface area contributed by atoms with Gasteiger partial charge in [0.15, 0.2) is 5.78 Å². The number of amides is 2. The van der Waals surface area contributed by atoms with Crippen LogP contribution in [0.15, 0.2) is 30.4 Å². The van der Waals surface area contributed by atoms with E-state index >= 15 is 0 Å². The molecular weight excluding hydrogens is 374 g/mol. The van der Waals surface area contributed by atoms with Gasteiger partial charge in [-0.2, -0.15) is 0 Å². The lowest BCUT2D eigenvalue weighted by atomic mass is 9.85. The molecule has 154 valence electrons. The zero-order chi connectivity index (χ0) is 21.0. The first kappa shape index (κ1) is 20.8. The van der Waals surface area contributed by atoms with Crippen LogP contribution in [0.3, 0.4) is 0 Å². The van der Waals surface area contributed by atoms with Crippen molar-refractivity contribution in [3.63, 3.8) is 0 Å². The van der Waals surface area contributed by atoms with Gasteiger partial charge < -0.3 is 9.47 Å². The minimum atomic E-state index is -0.519. The number of carbonyl (C=O) groups excluding carboxylic acids is 4. The summed E-state index contributed by atoms with van der Waals surface area (Å²) in [6.07, 6.45) is 4.93. The maximum atomic E-state index is 12.4. The Morgan fingerprint density at radius 2 is 1.76 bits per heavy atom. The van der Waals surface area contributed by atoms with Gasteiger partial charge in [-0.3, -0.25) is 24.1 Å². The molecular formula is C22H25NO6. The predicted octanol–water partition coefficient (Wildman–Crippen LogP) is 2.67. The van der Waals surface area contributed by atoms with Crippen molar-refractivity contribution in [1.29, 1.82) is 0 Å². The standard InChI is InChI=1S/C22H25NO6/c1-3-28-19-9-8-15(14(2)24)12-16(19)13-29-20(25)10-11-23-21(26)17-6-4-5-7-18(17)22(23)27/h4-5,8-9,12,17-18H,3,6-7,10-11,13H2,1-2H3. The van der Waals surface area contributed by atoms with Gasteiger partial charge in [-0.25, -0.2) is 0 Å². The Bertz CT molecular complexity index is 833. The number of esters is 1. The molecule has 1 aliphatic carbocycles. The van der Waals surface area contributed by atoms with E-state index < -0.39 is 5.97 Å². The van der Waals surface area contributed by atoms with Crippen LogP contribution in [0.2, 0.25) is 0 Å². The molecule has 2 atom stereocenters. The number of ether oxygens (including phenoxy) is 2. The number of rotatable bonds is 8. The summed E-state index contributed by atoms with van der Waals surface area (Å²) in [5.74, 6) is -1.07. The molecule has 1 heterocycles. The maximum absolute atomic E-state index is 12.4. The van der Waals surface area contributed by atoms with E-state index in [-0.39, 0.29) is 49.0 Å². The molecule has 1 saturated heterocycles. The van der Waals surface area contributed by atoms with E-state index in [0.29, 0.717) is 36.3 Å². The molecule has 3 rings (SSSR count). The zero-order valence-electron chi connectivity index (χ0n) is 16.7. The summed E-state index contributed by atoms with van der Waals surface area (Å²) in [4.78, 5) is 49.8. The van der Waals surface area contributed by atoms with Gasteiger partial charge in [0.25, 0.3) is 0 Å². The molecule has 0 saturated carbocycles. The number of carbonyl (C=O) groups is 4. The van der Waals surface area contributed by atoms with Crippen molar-refractivity contribution in [3.8, 4) is 5.75 Å². The summed E-state index contributed by atoms with van der Waals surface area (Å²) in [5, 5.41) is 0. The fourth-order valence-corrected chi connectivity index (χ4v) is 3.73. The predicted molar refractivity (Wildman–Crippen MR) is 104 cm³/mol. The summed E-state index contributed by atoms with van der Waals surface area (Å²) >= 11 is 0. The summed E-state index contributed by atoms with van der Waals surface area (Å²) in [7, 11) is 0. The lowest BCUT2D eigenvalue weighted by Gasteiger charge is -2.15. The van der Waals surface area contributed by atoms with Crippen molar-refractivity contribution < 1.29 is 28.7 Å². The molecule has 1 aromatic carbocycles. The Morgan fingerprint density at radius 3 is 2.34 bits per heavy atom. The van der Waals surface area contributed by atoms with E-state index in [4.69, 9.17) is 9.47 Å². The lowest BCUT2D eigenvalue weighted by molar-refractivity contribution is -0.146. The second-order valence-corrected chi connectivity index (χ2v) is 7.21. The lowest BCUT2D eigenvalue weighted by Crippen LogP contribution is -2.33. The molecule has 7 nitrogen and oxygen atoms in total. The first-order valence-corrected chi connectivity index (χ1v) is 9.84. The fourth-order valence-electron chi connectivity index (χ4n) is 3.73. The van der Waals surface area contributed by atoms with Gasteiger partial charge in [0.1, 0.15) is 12.4 Å². The van der Waals surface area contributed by atoms with Crippen LogP contribution in [0.1, 0.15) is 49.0 Å². The highest BCUT2D eigenvalue weighted by molar-refractivity contribution is 6.05. The number of hydrogen-bond acceptors (Lipinski definition) is 6. The number of ketones is 1. The minimum absolute atomic E-state index is 0.0231. The van der Waals surface area contributed by atoms with Crippen molar-refractivity contribution in [1.82, 2.24) is 4.90 Å². The number of benzene rings is 1. The number of imide groups is 1. The maximum Gasteiger partial charge on any atom is 0.307 e. The summed E-state index contributed by atoms with van der Waals surface area (Å²) in [6.45, 7) is 3.72. The number of fused-ring (bicyclic) bond motifs is 1. The second-order valence-electron chi connectivity index (χ2n) is 7.21. The zero-order valence-corrected chi connectivity index (χ0v) is 16.7. The quantitative estimate of drug-likeness (QED) is 0.289. The topological polar surface area (TPSA) is 90.0 Å². The van der Waals surface area contributed by atoms with E-state index in [9.17, 15) is 19.2 Å². The highest BCUT2D eigenvalue weighted by atomic mass is 16.5. The van der Waals surface area contributed by atoms with Crippen molar-refractivity contribution in [2.45, 2.75) is 39.7 Å². The molecule has 0 spiro atoms. The van der Waals surface area contributed by atoms with Gasteiger partial charge in [0.2, 0.25) is 11.8 Å². The second kappa shape index (κ2) is 9.03. The SMILES string of the molecule is CCOc1ccc(C(C)=O)cc1COC(=O)CCN1C(=O)C2CC=CCC2C1=O. The van der Waals surface area contributed by atoms with Crippen molar-refractivity contribution in [2.75, 3.05) is 13.2 Å². The highest BCUT2D eigenvalue weighted by Gasteiger charge is 2.46. The van der Waals surface area contributed by atoms with Crippen LogP contribution in [-0.2, 0) is 25.7 Å². The van der Waals surface area contributed by atoms with E-state index in [1.165, 1.54) is 11.8 Å². The van der Waals surface area contributed by atoms with Crippen molar-refractivity contribution in [2.24, 2.45) is 11.8 Å². The Morgan fingerprint density at radius 1 is 1.10 bits per heavy atom. The number of Topliss-reactive ketones (excluding diaryl/α,β-unsaturated/α-hetero) is 1. The molecule has 2 aliphatic rings. The number of likely N-dealkylation sites (tertiary alicyclic amines) is 1. The third kappa shape index (κ3) is 4.55. The Labute approximate surface area is 169 Å². The normalized spacial score (nSPS) is 20.6. The van der Waals surface area contributed by atoms with Crippen LogP contribution in [0.25, 0.3) is 0 Å². The molecule has 1 aromatic rings. The molecule has 0 radical (unpaired) electrons. The van der Waals surface area contributed by atoms with Gasteiger partial charge in [0.05, 0.1) is 24.9 Å². The van der Waals surface area contributed by atoms with Crippen LogP contribution in [0.4, 0.5) is 0 Å². The van der Waals surface area contributed by atoms with Crippen LogP contribution >= 0.6 is 0 Å². The van der Waals surface area contributed by atoms with Crippen LogP contribution in [0, 0.1) is 11.8 Å². The summed E-state index contributed by atoms with van der Waals surface area (Å²) in [6, 6.07) is 4.99. The molecule has 0 N–H and O–H groups in total. The average Bonchev–Trinajstić information content (AvgIpc) is 2.96. The molecule has 1 aliphatic heterocycles. The molecule has 7 heteroatoms. The van der Waals surface area contributed by atoms with E-state index in [1.807, 2.05) is 19.1 Å². The van der Waals surface area contributed by atoms with E-state index in [2.05, 4.69) is 0 Å². The largest absolute Gasteiger partial charge is 0.493 e. The fraction of sp³-hybridized carbons (Fsp3) is 0.455. The van der Waals surface area contributed by atoms with Gasteiger partial charge >= 0.3 is 5.97 Å². The van der Waals surface area contributed by atoms with E-state index in [0.717, 1.165) is 0 Å². The van der Waals surface area contributed by atoms with Crippen LogP contribution in [0.5, 0.6) is 5.75 Å². The van der Waals surface area contributed by atoms with Gasteiger partial charge in [0, 0.05) is 17.7 Å². The molecule has 29 heavy (non-hydrogen) atoms. The molecule has 1 fully saturated rings. The first-order chi connectivity index (χ1) is 13.9. The third-order valence-electron chi connectivity index (χ3n) is 5.29. The van der Waals surface area contributed by atoms with Gasteiger partial charge in [-0.05, 0) is 44.9 Å². The van der Waals surface area contributed by atoms with Gasteiger partial charge in [-0.15, -0.1) is 0 Å². The Balaban J connectivity index is 1.57. The van der Waals surface area contributed by atoms with E-state index in [1.54, 1.807) is 18.2 Å². The number of hydrogen-bond donors (Lipinski definition) is 0. The number of allylic oxidation sites excluding steroid dienone is 2. The Kier molecular flexibility index (Phi) is 6.46. The van der Waals surface area contributed by atoms with Crippen molar-refractivity contribution >= 4 is 23.6 Å². The van der Waals surface area contributed by atoms with Crippen LogP contribution in [-0.4, -0.2) is 41.6 Å². The van der Waals surface area contributed by atoms with Gasteiger partial charge in [-0.1, -0.05) is 12.2 Å².